The van der Waals surface area contributed by atoms with Crippen LogP contribution < -0.4 is 15.4 Å². The van der Waals surface area contributed by atoms with Crippen LogP contribution in [-0.4, -0.2) is 38.0 Å². The van der Waals surface area contributed by atoms with Gasteiger partial charge in [-0.05, 0) is 67.7 Å². The zero-order valence-corrected chi connectivity index (χ0v) is 18.1. The largest absolute Gasteiger partial charge is 0.484 e. The van der Waals surface area contributed by atoms with Gasteiger partial charge in [-0.2, -0.15) is 9.36 Å². The molecule has 0 amide bonds. The van der Waals surface area contributed by atoms with E-state index in [1.54, 1.807) is 18.3 Å². The molecular formula is C21H26F2N6OS. The van der Waals surface area contributed by atoms with Crippen molar-refractivity contribution in [1.29, 1.82) is 0 Å². The average Bonchev–Trinajstić information content (AvgIpc) is 3.32. The first-order valence-electron chi connectivity index (χ1n) is 9.98. The van der Waals surface area contributed by atoms with Gasteiger partial charge in [-0.25, -0.2) is 13.3 Å². The van der Waals surface area contributed by atoms with Gasteiger partial charge in [-0.15, -0.1) is 18.3 Å². The summed E-state index contributed by atoms with van der Waals surface area (Å²) < 4.78 is 35.9. The summed E-state index contributed by atoms with van der Waals surface area (Å²) in [6, 6.07) is 5.36. The molecule has 3 aromatic rings. The highest BCUT2D eigenvalue weighted by Crippen LogP contribution is 2.32. The summed E-state index contributed by atoms with van der Waals surface area (Å²) in [5.41, 5.74) is 1.39. The standard InChI is InChI=1S/C19H22F2N6OS.C2H4/c1-12-10-17(29-26-12)22-8-7-14(13-4-2-5-13)23-19-24-18-15(28-11-16(20)21)6-3-9-27(18)25-19;1-2/h3,6-10,13-14,16,22H,2,4-5,11H2,1H3,(H,23,25);1-2H2/b8-7+;/t14-;/m0./s1. The lowest BCUT2D eigenvalue weighted by atomic mass is 9.80. The van der Waals surface area contributed by atoms with Gasteiger partial charge < -0.3 is 15.4 Å². The van der Waals surface area contributed by atoms with Crippen LogP contribution in [0.3, 0.4) is 0 Å². The van der Waals surface area contributed by atoms with Crippen molar-refractivity contribution in [3.63, 3.8) is 0 Å². The molecule has 3 heterocycles. The van der Waals surface area contributed by atoms with Gasteiger partial charge in [-0.3, -0.25) is 0 Å². The number of nitrogens with zero attached hydrogens (tertiary/aromatic N) is 4. The van der Waals surface area contributed by atoms with Crippen molar-refractivity contribution in [2.24, 2.45) is 5.92 Å². The predicted molar refractivity (Wildman–Crippen MR) is 120 cm³/mol. The van der Waals surface area contributed by atoms with Gasteiger partial charge >= 0.3 is 0 Å². The lowest BCUT2D eigenvalue weighted by Gasteiger charge is -2.32. The minimum Gasteiger partial charge on any atom is -0.484 e. The molecule has 0 bridgehead atoms. The summed E-state index contributed by atoms with van der Waals surface area (Å²) in [4.78, 5) is 4.45. The summed E-state index contributed by atoms with van der Waals surface area (Å²) in [6.45, 7) is 7.28. The number of aromatic nitrogens is 4. The van der Waals surface area contributed by atoms with Crippen LogP contribution in [0.15, 0.2) is 49.8 Å². The number of pyridine rings is 1. The zero-order chi connectivity index (χ0) is 22.2. The number of aryl methyl sites for hydroxylation is 1. The first-order chi connectivity index (χ1) is 15.1. The molecule has 1 fully saturated rings. The molecule has 31 heavy (non-hydrogen) atoms. The molecule has 1 atom stereocenters. The monoisotopic (exact) mass is 448 g/mol. The van der Waals surface area contributed by atoms with E-state index >= 15 is 0 Å². The molecule has 0 radical (unpaired) electrons. The topological polar surface area (TPSA) is 76.4 Å². The Morgan fingerprint density at radius 2 is 2.19 bits per heavy atom. The maximum atomic E-state index is 12.5. The molecule has 7 nitrogen and oxygen atoms in total. The number of anilines is 2. The number of ether oxygens (including phenoxy) is 1. The molecular weight excluding hydrogens is 422 g/mol. The van der Waals surface area contributed by atoms with Gasteiger partial charge in [0.05, 0.1) is 11.7 Å². The van der Waals surface area contributed by atoms with Crippen LogP contribution >= 0.6 is 11.5 Å². The molecule has 3 aromatic heterocycles. The highest BCUT2D eigenvalue weighted by atomic mass is 32.1. The van der Waals surface area contributed by atoms with Crippen LogP contribution in [0.5, 0.6) is 5.75 Å². The summed E-state index contributed by atoms with van der Waals surface area (Å²) >= 11 is 1.42. The van der Waals surface area contributed by atoms with Crippen molar-refractivity contribution >= 4 is 28.1 Å². The Bertz CT molecular complexity index is 1000. The Balaban J connectivity index is 0.00000132. The molecule has 2 N–H and O–H groups in total. The molecule has 0 aliphatic heterocycles. The van der Waals surface area contributed by atoms with Crippen molar-refractivity contribution in [2.45, 2.75) is 38.7 Å². The lowest BCUT2D eigenvalue weighted by molar-refractivity contribution is 0.0824. The Kier molecular flexibility index (Phi) is 7.94. The number of fused-ring (bicyclic) bond motifs is 1. The fourth-order valence-corrected chi connectivity index (χ4v) is 3.78. The van der Waals surface area contributed by atoms with Gasteiger partial charge in [-0.1, -0.05) is 6.42 Å². The van der Waals surface area contributed by atoms with Gasteiger partial charge in [0.15, 0.2) is 11.4 Å². The van der Waals surface area contributed by atoms with E-state index in [-0.39, 0.29) is 11.8 Å². The summed E-state index contributed by atoms with van der Waals surface area (Å²) in [5.74, 6) is 1.22. The van der Waals surface area contributed by atoms with Crippen molar-refractivity contribution in [3.05, 3.63) is 55.5 Å². The molecule has 0 saturated heterocycles. The molecule has 1 aliphatic rings. The van der Waals surface area contributed by atoms with E-state index in [0.717, 1.165) is 23.5 Å². The minimum absolute atomic E-state index is 0.0631. The van der Waals surface area contributed by atoms with E-state index in [4.69, 9.17) is 4.74 Å². The molecule has 4 rings (SSSR count). The van der Waals surface area contributed by atoms with Crippen LogP contribution in [-0.2, 0) is 0 Å². The summed E-state index contributed by atoms with van der Waals surface area (Å²) in [5, 5.41) is 12.0. The van der Waals surface area contributed by atoms with Gasteiger partial charge in [0.2, 0.25) is 5.95 Å². The van der Waals surface area contributed by atoms with E-state index in [1.165, 1.54) is 22.5 Å². The summed E-state index contributed by atoms with van der Waals surface area (Å²) in [7, 11) is 0. The van der Waals surface area contributed by atoms with E-state index in [0.29, 0.717) is 17.5 Å². The quantitative estimate of drug-likeness (QED) is 0.441. The maximum absolute atomic E-state index is 12.5. The summed E-state index contributed by atoms with van der Waals surface area (Å²) in [6.07, 6.45) is 6.64. The Labute approximate surface area is 184 Å². The van der Waals surface area contributed by atoms with Crippen molar-refractivity contribution in [3.8, 4) is 5.75 Å². The van der Waals surface area contributed by atoms with E-state index in [9.17, 15) is 8.78 Å². The van der Waals surface area contributed by atoms with E-state index < -0.39 is 13.0 Å². The van der Waals surface area contributed by atoms with Gasteiger partial charge in [0.1, 0.15) is 11.6 Å². The third-order valence-electron chi connectivity index (χ3n) is 4.80. The molecule has 166 valence electrons. The highest BCUT2D eigenvalue weighted by Gasteiger charge is 2.26. The third kappa shape index (κ3) is 6.00. The normalized spacial score (nSPS) is 14.8. The number of alkyl halides is 2. The maximum Gasteiger partial charge on any atom is 0.272 e. The van der Waals surface area contributed by atoms with E-state index in [2.05, 4.69) is 44.3 Å². The number of rotatable bonds is 9. The molecule has 10 heteroatoms. The second-order valence-electron chi connectivity index (χ2n) is 6.98. The van der Waals surface area contributed by atoms with Crippen LogP contribution in [0.25, 0.3) is 5.65 Å². The van der Waals surface area contributed by atoms with Gasteiger partial charge in [0, 0.05) is 6.20 Å². The van der Waals surface area contributed by atoms with Crippen LogP contribution in [0.2, 0.25) is 0 Å². The zero-order valence-electron chi connectivity index (χ0n) is 17.3. The van der Waals surface area contributed by atoms with Crippen LogP contribution in [0, 0.1) is 12.8 Å². The third-order valence-corrected chi connectivity index (χ3v) is 5.61. The molecule has 1 saturated carbocycles. The van der Waals surface area contributed by atoms with Crippen LogP contribution in [0.4, 0.5) is 19.7 Å². The molecule has 0 unspecified atom stereocenters. The van der Waals surface area contributed by atoms with Crippen molar-refractivity contribution in [2.75, 3.05) is 17.2 Å². The van der Waals surface area contributed by atoms with Crippen LogP contribution in [0.1, 0.15) is 25.0 Å². The average molecular weight is 449 g/mol. The minimum atomic E-state index is -2.54. The predicted octanol–water partition coefficient (Wildman–Crippen LogP) is 5.15. The Morgan fingerprint density at radius 3 is 2.84 bits per heavy atom. The van der Waals surface area contributed by atoms with Crippen molar-refractivity contribution in [1.82, 2.24) is 19.0 Å². The Morgan fingerprint density at radius 1 is 1.39 bits per heavy atom. The Hall–Kier alpha value is -3.01. The SMILES string of the molecule is C=C.Cc1cc(N/C=C/[C@H](Nc2nc3c(OCC(F)F)cccn3n2)C2CCC2)sn1. The van der Waals surface area contributed by atoms with E-state index in [1.807, 2.05) is 19.2 Å². The fourth-order valence-electron chi connectivity index (χ4n) is 3.14. The highest BCUT2D eigenvalue weighted by molar-refractivity contribution is 7.10. The second kappa shape index (κ2) is 10.9. The van der Waals surface area contributed by atoms with Gasteiger partial charge in [0.25, 0.3) is 6.43 Å². The fraction of sp³-hybridized carbons (Fsp3) is 0.381. The molecule has 0 aromatic carbocycles. The number of hydrogen-bond donors (Lipinski definition) is 2. The number of nitrogens with one attached hydrogen (secondary N) is 2. The first-order valence-corrected chi connectivity index (χ1v) is 10.8. The smallest absolute Gasteiger partial charge is 0.272 e. The number of halogens is 2. The lowest BCUT2D eigenvalue weighted by Crippen LogP contribution is -2.32. The molecule has 1 aliphatic carbocycles. The van der Waals surface area contributed by atoms with Crippen molar-refractivity contribution < 1.29 is 13.5 Å². The first kappa shape index (κ1) is 22.7. The molecule has 0 spiro atoms. The second-order valence-corrected chi connectivity index (χ2v) is 7.78. The number of hydrogen-bond acceptors (Lipinski definition) is 7.